The van der Waals surface area contributed by atoms with Crippen LogP contribution in [-0.2, 0) is 14.3 Å². The maximum Gasteiger partial charge on any atom is 0.340 e. The van der Waals surface area contributed by atoms with E-state index in [0.29, 0.717) is 22.9 Å². The fourth-order valence-electron chi connectivity index (χ4n) is 3.48. The van der Waals surface area contributed by atoms with Gasteiger partial charge in [0.25, 0.3) is 5.91 Å². The normalized spacial score (nSPS) is 15.3. The van der Waals surface area contributed by atoms with Gasteiger partial charge in [0.1, 0.15) is 0 Å². The zero-order valence-corrected chi connectivity index (χ0v) is 17.7. The standard InChI is InChI=1S/C24H25NO5/c1-14(2)16-9-11-18(12-10-16)25-15(3)21(24(28)30-5)19(23(25)27)13-17-7-6-8-20(29-4)22(17)26/h6-14,26H,1-5H3/b19-13-. The molecule has 0 atom stereocenters. The molecule has 156 valence electrons. The molecule has 0 spiro atoms. The van der Waals surface area contributed by atoms with E-state index in [-0.39, 0.29) is 28.6 Å². The third-order valence-electron chi connectivity index (χ3n) is 5.16. The van der Waals surface area contributed by atoms with Crippen molar-refractivity contribution in [1.29, 1.82) is 0 Å². The minimum absolute atomic E-state index is 0.109. The van der Waals surface area contributed by atoms with Gasteiger partial charge in [-0.15, -0.1) is 0 Å². The molecule has 2 aromatic rings. The van der Waals surface area contributed by atoms with Crippen molar-refractivity contribution in [2.45, 2.75) is 26.7 Å². The predicted octanol–water partition coefficient (Wildman–Crippen LogP) is 4.40. The summed E-state index contributed by atoms with van der Waals surface area (Å²) in [6.07, 6.45) is 1.48. The van der Waals surface area contributed by atoms with E-state index in [0.717, 1.165) is 5.56 Å². The molecule has 1 aliphatic heterocycles. The molecule has 3 rings (SSSR count). The van der Waals surface area contributed by atoms with E-state index in [4.69, 9.17) is 9.47 Å². The van der Waals surface area contributed by atoms with E-state index in [1.807, 2.05) is 24.3 Å². The van der Waals surface area contributed by atoms with Crippen LogP contribution >= 0.6 is 0 Å². The number of para-hydroxylation sites is 1. The Morgan fingerprint density at radius 3 is 2.33 bits per heavy atom. The number of carbonyl (C=O) groups excluding carboxylic acids is 2. The zero-order valence-electron chi connectivity index (χ0n) is 17.7. The Kier molecular flexibility index (Phi) is 5.96. The number of methoxy groups -OCH3 is 2. The number of aromatic hydroxyl groups is 1. The van der Waals surface area contributed by atoms with Gasteiger partial charge < -0.3 is 14.6 Å². The van der Waals surface area contributed by atoms with E-state index in [1.54, 1.807) is 25.1 Å². The highest BCUT2D eigenvalue weighted by Crippen LogP contribution is 2.38. The minimum Gasteiger partial charge on any atom is -0.504 e. The van der Waals surface area contributed by atoms with Gasteiger partial charge >= 0.3 is 5.97 Å². The van der Waals surface area contributed by atoms with Gasteiger partial charge in [-0.1, -0.05) is 38.1 Å². The lowest BCUT2D eigenvalue weighted by Gasteiger charge is -2.19. The number of hydrogen-bond acceptors (Lipinski definition) is 5. The number of phenolic OH excluding ortho intramolecular Hbond substituents is 1. The van der Waals surface area contributed by atoms with Crippen molar-refractivity contribution in [1.82, 2.24) is 0 Å². The molecule has 0 radical (unpaired) electrons. The van der Waals surface area contributed by atoms with Crippen molar-refractivity contribution in [2.24, 2.45) is 0 Å². The monoisotopic (exact) mass is 407 g/mol. The lowest BCUT2D eigenvalue weighted by molar-refractivity contribution is -0.136. The van der Waals surface area contributed by atoms with Crippen LogP contribution in [0.3, 0.4) is 0 Å². The Morgan fingerprint density at radius 1 is 1.10 bits per heavy atom. The van der Waals surface area contributed by atoms with E-state index in [9.17, 15) is 14.7 Å². The van der Waals surface area contributed by atoms with Gasteiger partial charge in [0, 0.05) is 16.9 Å². The average molecular weight is 407 g/mol. The highest BCUT2D eigenvalue weighted by atomic mass is 16.5. The van der Waals surface area contributed by atoms with Crippen LogP contribution in [0.4, 0.5) is 5.69 Å². The van der Waals surface area contributed by atoms with Crippen LogP contribution in [0.1, 0.15) is 37.8 Å². The number of anilines is 1. The van der Waals surface area contributed by atoms with Crippen LogP contribution in [0.5, 0.6) is 11.5 Å². The molecular weight excluding hydrogens is 382 g/mol. The number of hydrogen-bond donors (Lipinski definition) is 1. The Balaban J connectivity index is 2.13. The second-order valence-electron chi connectivity index (χ2n) is 7.29. The minimum atomic E-state index is -0.615. The first kappa shape index (κ1) is 21.2. The van der Waals surface area contributed by atoms with Gasteiger partial charge in [0.05, 0.1) is 25.4 Å². The summed E-state index contributed by atoms with van der Waals surface area (Å²) in [5, 5.41) is 10.4. The van der Waals surface area contributed by atoms with Gasteiger partial charge in [0.15, 0.2) is 11.5 Å². The number of phenols is 1. The summed E-state index contributed by atoms with van der Waals surface area (Å²) in [5.41, 5.74) is 2.95. The van der Waals surface area contributed by atoms with Crippen LogP contribution < -0.4 is 9.64 Å². The largest absolute Gasteiger partial charge is 0.504 e. The van der Waals surface area contributed by atoms with Crippen LogP contribution in [0.2, 0.25) is 0 Å². The van der Waals surface area contributed by atoms with E-state index in [1.165, 1.54) is 25.2 Å². The van der Waals surface area contributed by atoms with Crippen molar-refractivity contribution in [2.75, 3.05) is 19.1 Å². The van der Waals surface area contributed by atoms with Gasteiger partial charge in [-0.05, 0) is 42.7 Å². The molecule has 0 aliphatic carbocycles. The van der Waals surface area contributed by atoms with E-state index in [2.05, 4.69) is 13.8 Å². The van der Waals surface area contributed by atoms with Crippen molar-refractivity contribution in [3.05, 3.63) is 70.4 Å². The summed E-state index contributed by atoms with van der Waals surface area (Å²) >= 11 is 0. The molecule has 0 aromatic heterocycles. The summed E-state index contributed by atoms with van der Waals surface area (Å²) in [4.78, 5) is 27.3. The maximum atomic E-state index is 13.3. The average Bonchev–Trinajstić information content (AvgIpc) is 2.98. The summed E-state index contributed by atoms with van der Waals surface area (Å²) < 4.78 is 10.1. The summed E-state index contributed by atoms with van der Waals surface area (Å²) in [6, 6.07) is 12.6. The van der Waals surface area contributed by atoms with Crippen LogP contribution in [0.25, 0.3) is 6.08 Å². The molecule has 6 nitrogen and oxygen atoms in total. The number of carbonyl (C=O) groups is 2. The molecule has 0 bridgehead atoms. The second kappa shape index (κ2) is 8.45. The van der Waals surface area contributed by atoms with Gasteiger partial charge in [-0.2, -0.15) is 0 Å². The Bertz CT molecular complexity index is 1050. The lowest BCUT2D eigenvalue weighted by Crippen LogP contribution is -2.24. The zero-order chi connectivity index (χ0) is 22.0. The molecule has 0 unspecified atom stereocenters. The molecule has 2 aromatic carbocycles. The number of allylic oxidation sites excluding steroid dienone is 1. The van der Waals surface area contributed by atoms with Crippen molar-refractivity contribution >= 4 is 23.6 Å². The maximum absolute atomic E-state index is 13.3. The summed E-state index contributed by atoms with van der Waals surface area (Å²) in [6.45, 7) is 5.89. The first-order valence-corrected chi connectivity index (χ1v) is 9.61. The molecule has 1 amide bonds. The Morgan fingerprint density at radius 2 is 1.77 bits per heavy atom. The highest BCUT2D eigenvalue weighted by molar-refractivity contribution is 6.23. The molecule has 6 heteroatoms. The van der Waals surface area contributed by atoms with Gasteiger partial charge in [-0.3, -0.25) is 9.69 Å². The molecule has 1 N–H and O–H groups in total. The Labute approximate surface area is 176 Å². The summed E-state index contributed by atoms with van der Waals surface area (Å²) in [5.74, 6) is -0.455. The molecular formula is C24H25NO5. The second-order valence-corrected chi connectivity index (χ2v) is 7.29. The van der Waals surface area contributed by atoms with Crippen molar-refractivity contribution in [3.8, 4) is 11.5 Å². The number of amides is 1. The number of benzene rings is 2. The third-order valence-corrected chi connectivity index (χ3v) is 5.16. The molecule has 1 aliphatic rings. The third kappa shape index (κ3) is 3.68. The number of ether oxygens (including phenoxy) is 2. The molecule has 0 fully saturated rings. The fraction of sp³-hybridized carbons (Fsp3) is 0.250. The lowest BCUT2D eigenvalue weighted by atomic mass is 10.0. The van der Waals surface area contributed by atoms with E-state index < -0.39 is 5.97 Å². The van der Waals surface area contributed by atoms with Crippen molar-refractivity contribution in [3.63, 3.8) is 0 Å². The first-order chi connectivity index (χ1) is 14.3. The Hall–Kier alpha value is -3.54. The molecule has 1 heterocycles. The number of esters is 1. The first-order valence-electron chi connectivity index (χ1n) is 9.61. The van der Waals surface area contributed by atoms with Crippen molar-refractivity contribution < 1.29 is 24.2 Å². The van der Waals surface area contributed by atoms with Crippen LogP contribution in [-0.4, -0.2) is 31.2 Å². The van der Waals surface area contributed by atoms with Crippen LogP contribution in [0.15, 0.2) is 59.3 Å². The van der Waals surface area contributed by atoms with Gasteiger partial charge in [0.2, 0.25) is 0 Å². The topological polar surface area (TPSA) is 76.1 Å². The smallest absolute Gasteiger partial charge is 0.340 e. The number of rotatable bonds is 5. The number of nitrogens with zero attached hydrogens (tertiary/aromatic N) is 1. The van der Waals surface area contributed by atoms with Gasteiger partial charge in [-0.25, -0.2) is 4.79 Å². The predicted molar refractivity (Wildman–Crippen MR) is 115 cm³/mol. The summed E-state index contributed by atoms with van der Waals surface area (Å²) in [7, 11) is 2.72. The fourth-order valence-corrected chi connectivity index (χ4v) is 3.48. The molecule has 30 heavy (non-hydrogen) atoms. The quantitative estimate of drug-likeness (QED) is 0.587. The molecule has 0 saturated heterocycles. The van der Waals surface area contributed by atoms with E-state index >= 15 is 0 Å². The van der Waals surface area contributed by atoms with Crippen LogP contribution in [0, 0.1) is 0 Å². The molecule has 0 saturated carbocycles. The highest BCUT2D eigenvalue weighted by Gasteiger charge is 2.38. The SMILES string of the molecule is COC(=O)C1=C(C)N(c2ccc(C(C)C)cc2)C(=O)/C1=C\c1cccc(OC)c1O.